The van der Waals surface area contributed by atoms with Crippen molar-refractivity contribution in [3.8, 4) is 5.75 Å². The van der Waals surface area contributed by atoms with Crippen LogP contribution >= 0.6 is 0 Å². The Balaban J connectivity index is 1.83. The third-order valence-corrected chi connectivity index (χ3v) is 3.87. The first kappa shape index (κ1) is 16.3. The Morgan fingerprint density at radius 1 is 1.19 bits per heavy atom. The van der Waals surface area contributed by atoms with E-state index in [1.807, 2.05) is 6.07 Å². The number of hydrogen-bond donors (Lipinski definition) is 0. The van der Waals surface area contributed by atoms with Crippen molar-refractivity contribution in [1.82, 2.24) is 4.90 Å². The van der Waals surface area contributed by atoms with E-state index in [0.717, 1.165) is 32.0 Å². The summed E-state index contributed by atoms with van der Waals surface area (Å²) >= 11 is 0. The van der Waals surface area contributed by atoms with Gasteiger partial charge in [0.25, 0.3) is 0 Å². The monoisotopic (exact) mass is 291 g/mol. The van der Waals surface area contributed by atoms with Gasteiger partial charge in [0, 0.05) is 19.6 Å². The zero-order valence-corrected chi connectivity index (χ0v) is 14.1. The molecule has 0 N–H and O–H groups in total. The molecule has 0 amide bonds. The molecule has 0 bridgehead atoms. The highest BCUT2D eigenvalue weighted by atomic mass is 16.5. The first-order valence-corrected chi connectivity index (χ1v) is 7.96. The Morgan fingerprint density at radius 3 is 2.48 bits per heavy atom. The van der Waals surface area contributed by atoms with Gasteiger partial charge < -0.3 is 9.47 Å². The van der Waals surface area contributed by atoms with Gasteiger partial charge in [-0.3, -0.25) is 4.90 Å². The summed E-state index contributed by atoms with van der Waals surface area (Å²) in [5, 5.41) is 0. The number of ether oxygens (including phenoxy) is 2. The topological polar surface area (TPSA) is 21.7 Å². The van der Waals surface area contributed by atoms with Gasteiger partial charge in [0.1, 0.15) is 12.4 Å². The molecule has 1 aromatic rings. The van der Waals surface area contributed by atoms with Crippen LogP contribution in [-0.4, -0.2) is 43.3 Å². The molecule has 0 saturated carbocycles. The van der Waals surface area contributed by atoms with Gasteiger partial charge in [0.15, 0.2) is 0 Å². The Labute approximate surface area is 129 Å². The van der Waals surface area contributed by atoms with Crippen LogP contribution < -0.4 is 4.74 Å². The van der Waals surface area contributed by atoms with Crippen molar-refractivity contribution in [3.05, 3.63) is 29.8 Å². The number of morpholine rings is 1. The largest absolute Gasteiger partial charge is 0.492 e. The predicted octanol–water partition coefficient (Wildman–Crippen LogP) is 3.47. The van der Waals surface area contributed by atoms with Crippen LogP contribution in [0.4, 0.5) is 0 Å². The maximum atomic E-state index is 5.93. The standard InChI is InChI=1S/C18H29NO2/c1-14-12-19(13-15(2)21-14)9-10-20-17-8-6-7-16(11-17)18(3,4)5/h6-8,11,14-15H,9-10,12-13H2,1-5H3. The summed E-state index contributed by atoms with van der Waals surface area (Å²) in [6.07, 6.45) is 0.635. The highest BCUT2D eigenvalue weighted by molar-refractivity contribution is 5.32. The molecule has 1 saturated heterocycles. The van der Waals surface area contributed by atoms with E-state index < -0.39 is 0 Å². The van der Waals surface area contributed by atoms with Crippen LogP contribution in [0.1, 0.15) is 40.2 Å². The van der Waals surface area contributed by atoms with Gasteiger partial charge in [-0.15, -0.1) is 0 Å². The molecule has 2 rings (SSSR count). The minimum absolute atomic E-state index is 0.161. The molecule has 1 heterocycles. The number of rotatable bonds is 4. The molecule has 1 aliphatic heterocycles. The molecule has 2 atom stereocenters. The van der Waals surface area contributed by atoms with Gasteiger partial charge >= 0.3 is 0 Å². The van der Waals surface area contributed by atoms with Crippen LogP contribution in [0, 0.1) is 0 Å². The number of hydrogen-bond acceptors (Lipinski definition) is 3. The summed E-state index contributed by atoms with van der Waals surface area (Å²) in [5.41, 5.74) is 1.47. The number of nitrogens with zero attached hydrogens (tertiary/aromatic N) is 1. The van der Waals surface area contributed by atoms with Crippen molar-refractivity contribution in [2.24, 2.45) is 0 Å². The Hall–Kier alpha value is -1.06. The molecule has 1 aromatic carbocycles. The molecule has 3 heteroatoms. The van der Waals surface area contributed by atoms with Gasteiger partial charge in [-0.05, 0) is 37.0 Å². The molecule has 2 unspecified atom stereocenters. The molecule has 1 fully saturated rings. The fourth-order valence-corrected chi connectivity index (χ4v) is 2.81. The lowest BCUT2D eigenvalue weighted by atomic mass is 9.87. The van der Waals surface area contributed by atoms with E-state index in [1.54, 1.807) is 0 Å². The average molecular weight is 291 g/mol. The predicted molar refractivity (Wildman–Crippen MR) is 87.1 cm³/mol. The maximum absolute atomic E-state index is 5.93. The fourth-order valence-electron chi connectivity index (χ4n) is 2.81. The second kappa shape index (κ2) is 6.80. The van der Waals surface area contributed by atoms with E-state index in [9.17, 15) is 0 Å². The van der Waals surface area contributed by atoms with Crippen molar-refractivity contribution < 1.29 is 9.47 Å². The van der Waals surface area contributed by atoms with E-state index >= 15 is 0 Å². The molecule has 0 radical (unpaired) electrons. The molecule has 0 aliphatic carbocycles. The molecule has 21 heavy (non-hydrogen) atoms. The third kappa shape index (κ3) is 5.01. The molecular formula is C18H29NO2. The summed E-state index contributed by atoms with van der Waals surface area (Å²) in [6.45, 7) is 14.6. The van der Waals surface area contributed by atoms with Gasteiger partial charge in [0.2, 0.25) is 0 Å². The molecular weight excluding hydrogens is 262 g/mol. The lowest BCUT2D eigenvalue weighted by Gasteiger charge is -2.35. The minimum Gasteiger partial charge on any atom is -0.492 e. The quantitative estimate of drug-likeness (QED) is 0.848. The van der Waals surface area contributed by atoms with Crippen molar-refractivity contribution in [2.75, 3.05) is 26.2 Å². The van der Waals surface area contributed by atoms with Crippen molar-refractivity contribution in [3.63, 3.8) is 0 Å². The summed E-state index contributed by atoms with van der Waals surface area (Å²) in [7, 11) is 0. The second-order valence-corrected chi connectivity index (χ2v) is 7.14. The third-order valence-electron chi connectivity index (χ3n) is 3.87. The van der Waals surface area contributed by atoms with Crippen LogP contribution in [-0.2, 0) is 10.2 Å². The van der Waals surface area contributed by atoms with E-state index in [1.165, 1.54) is 5.56 Å². The Bertz CT molecular complexity index is 443. The molecule has 118 valence electrons. The molecule has 0 aromatic heterocycles. The van der Waals surface area contributed by atoms with Gasteiger partial charge in [-0.25, -0.2) is 0 Å². The summed E-state index contributed by atoms with van der Waals surface area (Å²) in [6, 6.07) is 8.44. The van der Waals surface area contributed by atoms with Gasteiger partial charge in [0.05, 0.1) is 12.2 Å². The Kier molecular flexibility index (Phi) is 5.28. The summed E-state index contributed by atoms with van der Waals surface area (Å²) in [5.74, 6) is 0.969. The highest BCUT2D eigenvalue weighted by Gasteiger charge is 2.21. The fraction of sp³-hybridized carbons (Fsp3) is 0.667. The normalized spacial score (nSPS) is 24.0. The van der Waals surface area contributed by atoms with Crippen LogP contribution in [0.3, 0.4) is 0 Å². The van der Waals surface area contributed by atoms with Crippen molar-refractivity contribution in [2.45, 2.75) is 52.2 Å². The van der Waals surface area contributed by atoms with Crippen LogP contribution in [0.25, 0.3) is 0 Å². The van der Waals surface area contributed by atoms with Crippen LogP contribution in [0.2, 0.25) is 0 Å². The zero-order valence-electron chi connectivity index (χ0n) is 14.1. The SMILES string of the molecule is CC1CN(CCOc2cccc(C(C)(C)C)c2)CC(C)O1. The summed E-state index contributed by atoms with van der Waals surface area (Å²) < 4.78 is 11.7. The van der Waals surface area contributed by atoms with Gasteiger partial charge in [-0.1, -0.05) is 32.9 Å². The lowest BCUT2D eigenvalue weighted by molar-refractivity contribution is -0.0699. The van der Waals surface area contributed by atoms with Crippen molar-refractivity contribution in [1.29, 1.82) is 0 Å². The Morgan fingerprint density at radius 2 is 1.86 bits per heavy atom. The smallest absolute Gasteiger partial charge is 0.119 e. The van der Waals surface area contributed by atoms with E-state index in [-0.39, 0.29) is 5.41 Å². The van der Waals surface area contributed by atoms with E-state index in [0.29, 0.717) is 12.2 Å². The van der Waals surface area contributed by atoms with E-state index in [4.69, 9.17) is 9.47 Å². The van der Waals surface area contributed by atoms with Crippen LogP contribution in [0.15, 0.2) is 24.3 Å². The van der Waals surface area contributed by atoms with Gasteiger partial charge in [-0.2, -0.15) is 0 Å². The van der Waals surface area contributed by atoms with Crippen LogP contribution in [0.5, 0.6) is 5.75 Å². The lowest BCUT2D eigenvalue weighted by Crippen LogP contribution is -2.46. The minimum atomic E-state index is 0.161. The van der Waals surface area contributed by atoms with Crippen molar-refractivity contribution >= 4 is 0 Å². The van der Waals surface area contributed by atoms with E-state index in [2.05, 4.69) is 57.7 Å². The molecule has 0 spiro atoms. The average Bonchev–Trinajstić information content (AvgIpc) is 2.37. The summed E-state index contributed by atoms with van der Waals surface area (Å²) in [4.78, 5) is 2.42. The first-order valence-electron chi connectivity index (χ1n) is 7.96. The zero-order chi connectivity index (χ0) is 15.5. The number of benzene rings is 1. The first-order chi connectivity index (χ1) is 9.84. The highest BCUT2D eigenvalue weighted by Crippen LogP contribution is 2.25. The molecule has 3 nitrogen and oxygen atoms in total. The molecule has 1 aliphatic rings. The maximum Gasteiger partial charge on any atom is 0.119 e. The second-order valence-electron chi connectivity index (χ2n) is 7.14.